The highest BCUT2D eigenvalue weighted by Gasteiger charge is 2.31. The number of halogens is 3. The Bertz CT molecular complexity index is 463. The van der Waals surface area contributed by atoms with Gasteiger partial charge in [0.2, 0.25) is 0 Å². The first kappa shape index (κ1) is 12.3. The Kier molecular flexibility index (Phi) is 3.31. The number of alkyl halides is 3. The van der Waals surface area contributed by atoms with Crippen LogP contribution in [0.4, 0.5) is 13.2 Å². The van der Waals surface area contributed by atoms with Crippen LogP contribution in [0.5, 0.6) is 0 Å². The number of ether oxygens (including phenoxy) is 1. The van der Waals surface area contributed by atoms with Crippen molar-refractivity contribution in [2.45, 2.75) is 16.3 Å². The van der Waals surface area contributed by atoms with E-state index in [0.717, 1.165) is 12.1 Å². The average molecular weight is 259 g/mol. The summed E-state index contributed by atoms with van der Waals surface area (Å²) >= 11 is 1.39. The zero-order chi connectivity index (χ0) is 12.5. The smallest absolute Gasteiger partial charge is 0.379 e. The van der Waals surface area contributed by atoms with E-state index in [0.29, 0.717) is 18.1 Å². The molecule has 1 aromatic rings. The number of rotatable bonds is 2. The summed E-state index contributed by atoms with van der Waals surface area (Å²) in [6, 6.07) is 5.04. The van der Waals surface area contributed by atoms with Crippen molar-refractivity contribution in [2.75, 3.05) is 13.2 Å². The van der Waals surface area contributed by atoms with Gasteiger partial charge in [0.25, 0.3) is 0 Å². The second kappa shape index (κ2) is 4.59. The van der Waals surface area contributed by atoms with Crippen molar-refractivity contribution >= 4 is 11.8 Å². The molecule has 6 heteroatoms. The van der Waals surface area contributed by atoms with Crippen molar-refractivity contribution in [1.82, 2.24) is 0 Å². The molecular formula is C11H8F3NOS. The highest BCUT2D eigenvalue weighted by molar-refractivity contribution is 8.00. The van der Waals surface area contributed by atoms with E-state index in [1.54, 1.807) is 6.07 Å². The van der Waals surface area contributed by atoms with Crippen molar-refractivity contribution in [3.63, 3.8) is 0 Å². The first-order valence-electron chi connectivity index (χ1n) is 4.86. The first-order chi connectivity index (χ1) is 8.00. The van der Waals surface area contributed by atoms with Crippen LogP contribution in [0.15, 0.2) is 23.1 Å². The lowest BCUT2D eigenvalue weighted by Crippen LogP contribution is -2.30. The molecule has 0 aromatic heterocycles. The second-order valence-corrected chi connectivity index (χ2v) is 4.94. The van der Waals surface area contributed by atoms with Gasteiger partial charge in [0, 0.05) is 4.90 Å². The standard InChI is InChI=1S/C11H8F3NOS/c12-11(13,14)8-1-2-10(7(3-8)4-15)17-9-5-16-6-9/h1-3,9H,5-6H2. The minimum atomic E-state index is -4.41. The average Bonchev–Trinajstić information content (AvgIpc) is 2.22. The van der Waals surface area contributed by atoms with E-state index in [-0.39, 0.29) is 10.8 Å². The van der Waals surface area contributed by atoms with E-state index < -0.39 is 11.7 Å². The summed E-state index contributed by atoms with van der Waals surface area (Å²) in [5.74, 6) is 0. The van der Waals surface area contributed by atoms with Gasteiger partial charge in [-0.1, -0.05) is 0 Å². The topological polar surface area (TPSA) is 33.0 Å². The maximum atomic E-state index is 12.4. The molecular weight excluding hydrogens is 251 g/mol. The Morgan fingerprint density at radius 2 is 2.06 bits per heavy atom. The number of nitriles is 1. The lowest BCUT2D eigenvalue weighted by molar-refractivity contribution is -0.137. The quantitative estimate of drug-likeness (QED) is 0.818. The summed E-state index contributed by atoms with van der Waals surface area (Å²) in [5.41, 5.74) is -0.722. The zero-order valence-electron chi connectivity index (χ0n) is 8.62. The molecule has 0 amide bonds. The molecule has 0 aliphatic carbocycles. The van der Waals surface area contributed by atoms with Gasteiger partial charge in [0.15, 0.2) is 0 Å². The Labute approximate surface area is 100 Å². The maximum absolute atomic E-state index is 12.4. The van der Waals surface area contributed by atoms with Crippen LogP contribution in [-0.2, 0) is 10.9 Å². The molecule has 0 bridgehead atoms. The number of thioether (sulfide) groups is 1. The molecule has 1 saturated heterocycles. The minimum Gasteiger partial charge on any atom is -0.379 e. The summed E-state index contributed by atoms with van der Waals surface area (Å²) in [6.45, 7) is 1.16. The predicted molar refractivity (Wildman–Crippen MR) is 56.6 cm³/mol. The normalized spacial score (nSPS) is 16.4. The lowest BCUT2D eigenvalue weighted by atomic mass is 10.1. The summed E-state index contributed by atoms with van der Waals surface area (Å²) in [6.07, 6.45) is -4.41. The molecule has 2 rings (SSSR count). The van der Waals surface area contributed by atoms with Crippen LogP contribution >= 0.6 is 11.8 Å². The van der Waals surface area contributed by atoms with Crippen LogP contribution in [0.1, 0.15) is 11.1 Å². The van der Waals surface area contributed by atoms with Crippen molar-refractivity contribution in [3.8, 4) is 6.07 Å². The molecule has 1 heterocycles. The highest BCUT2D eigenvalue weighted by Crippen LogP contribution is 2.35. The first-order valence-corrected chi connectivity index (χ1v) is 5.74. The van der Waals surface area contributed by atoms with E-state index in [1.165, 1.54) is 17.8 Å². The van der Waals surface area contributed by atoms with Crippen molar-refractivity contribution in [2.24, 2.45) is 0 Å². The van der Waals surface area contributed by atoms with Gasteiger partial charge in [-0.25, -0.2) is 0 Å². The monoisotopic (exact) mass is 259 g/mol. The molecule has 1 aromatic carbocycles. The lowest BCUT2D eigenvalue weighted by Gasteiger charge is -2.25. The Balaban J connectivity index is 2.25. The highest BCUT2D eigenvalue weighted by atomic mass is 32.2. The molecule has 90 valence electrons. The van der Waals surface area contributed by atoms with Gasteiger partial charge < -0.3 is 4.74 Å². The SMILES string of the molecule is N#Cc1cc(C(F)(F)F)ccc1SC1COC1. The Morgan fingerprint density at radius 1 is 1.35 bits per heavy atom. The zero-order valence-corrected chi connectivity index (χ0v) is 9.44. The summed E-state index contributed by atoms with van der Waals surface area (Å²) in [4.78, 5) is 0.578. The molecule has 0 atom stereocenters. The molecule has 1 aliphatic heterocycles. The number of nitrogens with zero attached hydrogens (tertiary/aromatic N) is 1. The van der Waals surface area contributed by atoms with E-state index in [4.69, 9.17) is 10.00 Å². The van der Waals surface area contributed by atoms with Gasteiger partial charge in [-0.15, -0.1) is 11.8 Å². The molecule has 0 spiro atoms. The molecule has 0 unspecified atom stereocenters. The van der Waals surface area contributed by atoms with Crippen molar-refractivity contribution in [1.29, 1.82) is 5.26 Å². The predicted octanol–water partition coefficient (Wildman–Crippen LogP) is 3.07. The van der Waals surface area contributed by atoms with E-state index >= 15 is 0 Å². The van der Waals surface area contributed by atoms with Gasteiger partial charge in [-0.3, -0.25) is 0 Å². The van der Waals surface area contributed by atoms with E-state index in [9.17, 15) is 13.2 Å². The van der Waals surface area contributed by atoms with Crippen LogP contribution in [0, 0.1) is 11.3 Å². The van der Waals surface area contributed by atoms with Gasteiger partial charge in [0.1, 0.15) is 6.07 Å². The van der Waals surface area contributed by atoms with Gasteiger partial charge in [-0.2, -0.15) is 18.4 Å². The third-order valence-electron chi connectivity index (χ3n) is 2.33. The second-order valence-electron chi connectivity index (χ2n) is 3.60. The van der Waals surface area contributed by atoms with Gasteiger partial charge >= 0.3 is 6.18 Å². The number of hydrogen-bond acceptors (Lipinski definition) is 3. The molecule has 0 saturated carbocycles. The van der Waals surface area contributed by atoms with Crippen molar-refractivity contribution < 1.29 is 17.9 Å². The maximum Gasteiger partial charge on any atom is 0.416 e. The number of benzene rings is 1. The van der Waals surface area contributed by atoms with Crippen molar-refractivity contribution in [3.05, 3.63) is 29.3 Å². The molecule has 17 heavy (non-hydrogen) atoms. The Morgan fingerprint density at radius 3 is 2.53 bits per heavy atom. The van der Waals surface area contributed by atoms with Crippen LogP contribution < -0.4 is 0 Å². The largest absolute Gasteiger partial charge is 0.416 e. The third-order valence-corrected chi connectivity index (χ3v) is 3.54. The number of hydrogen-bond donors (Lipinski definition) is 0. The molecule has 0 radical (unpaired) electrons. The van der Waals surface area contributed by atoms with Crippen LogP contribution in [0.2, 0.25) is 0 Å². The van der Waals surface area contributed by atoms with Crippen LogP contribution in [-0.4, -0.2) is 18.5 Å². The molecule has 1 fully saturated rings. The van der Waals surface area contributed by atoms with Gasteiger partial charge in [0.05, 0.1) is 29.6 Å². The minimum absolute atomic E-state index is 0.0664. The Hall–Kier alpha value is -1.19. The van der Waals surface area contributed by atoms with Crippen LogP contribution in [0.3, 0.4) is 0 Å². The van der Waals surface area contributed by atoms with Crippen LogP contribution in [0.25, 0.3) is 0 Å². The summed E-state index contributed by atoms with van der Waals surface area (Å²) < 4.78 is 42.3. The molecule has 1 aliphatic rings. The fraction of sp³-hybridized carbons (Fsp3) is 0.364. The summed E-state index contributed by atoms with van der Waals surface area (Å²) in [7, 11) is 0. The fourth-order valence-electron chi connectivity index (χ4n) is 1.36. The summed E-state index contributed by atoms with van der Waals surface area (Å²) in [5, 5.41) is 9.09. The third kappa shape index (κ3) is 2.73. The van der Waals surface area contributed by atoms with Gasteiger partial charge in [-0.05, 0) is 18.2 Å². The fourth-order valence-corrected chi connectivity index (χ4v) is 2.42. The van der Waals surface area contributed by atoms with E-state index in [2.05, 4.69) is 0 Å². The molecule has 0 N–H and O–H groups in total. The molecule has 2 nitrogen and oxygen atoms in total. The van der Waals surface area contributed by atoms with E-state index in [1.807, 2.05) is 0 Å².